The maximum atomic E-state index is 5.76. The summed E-state index contributed by atoms with van der Waals surface area (Å²) in [6, 6.07) is 7.42. The number of ether oxygens (including phenoxy) is 2. The first-order chi connectivity index (χ1) is 9.74. The predicted octanol–water partition coefficient (Wildman–Crippen LogP) is 3.11. The van der Waals surface area contributed by atoms with Gasteiger partial charge in [0.15, 0.2) is 11.5 Å². The fraction of sp³-hybridized carbons (Fsp3) is 0.231. The van der Waals surface area contributed by atoms with E-state index in [9.17, 15) is 0 Å². The van der Waals surface area contributed by atoms with Gasteiger partial charge in [0, 0.05) is 0 Å². The van der Waals surface area contributed by atoms with Crippen LogP contribution in [0.3, 0.4) is 0 Å². The molecule has 0 radical (unpaired) electrons. The van der Waals surface area contributed by atoms with E-state index >= 15 is 0 Å². The molecule has 0 atom stereocenters. The molecule has 1 heterocycles. The van der Waals surface area contributed by atoms with Crippen LogP contribution < -0.4 is 20.7 Å². The zero-order valence-corrected chi connectivity index (χ0v) is 12.6. The SMILES string of the molecule is CCCOc1ccccc1Oc1nc(NN)ncc1Br. The van der Waals surface area contributed by atoms with Gasteiger partial charge in [-0.1, -0.05) is 19.1 Å². The quantitative estimate of drug-likeness (QED) is 0.622. The van der Waals surface area contributed by atoms with Crippen LogP contribution in [0.4, 0.5) is 5.95 Å². The first kappa shape index (κ1) is 14.5. The molecular formula is C13H15BrN4O2. The van der Waals surface area contributed by atoms with Crippen LogP contribution in [0, 0.1) is 0 Å². The minimum Gasteiger partial charge on any atom is -0.490 e. The summed E-state index contributed by atoms with van der Waals surface area (Å²) in [5.41, 5.74) is 2.37. The fourth-order valence-electron chi connectivity index (χ4n) is 1.46. The summed E-state index contributed by atoms with van der Waals surface area (Å²) < 4.78 is 12.0. The molecular weight excluding hydrogens is 324 g/mol. The molecule has 0 aliphatic heterocycles. The number of aromatic nitrogens is 2. The Morgan fingerprint density at radius 3 is 2.75 bits per heavy atom. The van der Waals surface area contributed by atoms with Crippen LogP contribution in [0.25, 0.3) is 0 Å². The minimum absolute atomic E-state index is 0.273. The minimum atomic E-state index is 0.273. The van der Waals surface area contributed by atoms with E-state index in [0.717, 1.165) is 6.42 Å². The van der Waals surface area contributed by atoms with Crippen molar-refractivity contribution in [2.45, 2.75) is 13.3 Å². The number of hydrogen-bond acceptors (Lipinski definition) is 6. The van der Waals surface area contributed by atoms with E-state index in [1.807, 2.05) is 31.2 Å². The van der Waals surface area contributed by atoms with Crippen molar-refractivity contribution >= 4 is 21.9 Å². The Bertz CT molecular complexity index is 580. The molecule has 20 heavy (non-hydrogen) atoms. The molecule has 3 N–H and O–H groups in total. The van der Waals surface area contributed by atoms with Crippen molar-refractivity contribution in [3.8, 4) is 17.4 Å². The summed E-state index contributed by atoms with van der Waals surface area (Å²) in [6.45, 7) is 2.67. The third kappa shape index (κ3) is 3.58. The Kier molecular flexibility index (Phi) is 5.14. The number of hydrogen-bond donors (Lipinski definition) is 2. The van der Waals surface area contributed by atoms with E-state index in [2.05, 4.69) is 31.3 Å². The molecule has 1 aromatic carbocycles. The molecule has 0 spiro atoms. The van der Waals surface area contributed by atoms with Gasteiger partial charge in [0.05, 0.1) is 17.3 Å². The zero-order valence-electron chi connectivity index (χ0n) is 11.0. The van der Waals surface area contributed by atoms with E-state index in [1.54, 1.807) is 6.20 Å². The molecule has 0 saturated heterocycles. The van der Waals surface area contributed by atoms with Crippen LogP contribution in [-0.2, 0) is 0 Å². The van der Waals surface area contributed by atoms with Gasteiger partial charge in [-0.2, -0.15) is 4.98 Å². The average Bonchev–Trinajstić information content (AvgIpc) is 2.48. The van der Waals surface area contributed by atoms with Crippen molar-refractivity contribution in [2.24, 2.45) is 5.84 Å². The first-order valence-corrected chi connectivity index (χ1v) is 6.92. The van der Waals surface area contributed by atoms with Crippen LogP contribution >= 0.6 is 15.9 Å². The number of anilines is 1. The molecule has 0 fully saturated rings. The normalized spacial score (nSPS) is 10.2. The van der Waals surface area contributed by atoms with Gasteiger partial charge in [-0.15, -0.1) is 0 Å². The van der Waals surface area contributed by atoms with Crippen LogP contribution in [-0.4, -0.2) is 16.6 Å². The predicted molar refractivity (Wildman–Crippen MR) is 79.8 cm³/mol. The van der Waals surface area contributed by atoms with Crippen molar-refractivity contribution in [1.82, 2.24) is 9.97 Å². The van der Waals surface area contributed by atoms with Crippen LogP contribution in [0.5, 0.6) is 17.4 Å². The first-order valence-electron chi connectivity index (χ1n) is 6.13. The van der Waals surface area contributed by atoms with Crippen LogP contribution in [0.2, 0.25) is 0 Å². The Balaban J connectivity index is 2.25. The van der Waals surface area contributed by atoms with Gasteiger partial charge in [-0.25, -0.2) is 10.8 Å². The number of nitrogens with two attached hydrogens (primary N) is 1. The van der Waals surface area contributed by atoms with Crippen molar-refractivity contribution in [1.29, 1.82) is 0 Å². The molecule has 0 bridgehead atoms. The molecule has 0 saturated carbocycles. The average molecular weight is 339 g/mol. The monoisotopic (exact) mass is 338 g/mol. The summed E-state index contributed by atoms with van der Waals surface area (Å²) in [5, 5.41) is 0. The van der Waals surface area contributed by atoms with E-state index in [0.29, 0.717) is 28.5 Å². The number of para-hydroxylation sites is 2. The number of nitrogen functional groups attached to an aromatic ring is 1. The number of nitrogens with zero attached hydrogens (tertiary/aromatic N) is 2. The highest BCUT2D eigenvalue weighted by atomic mass is 79.9. The van der Waals surface area contributed by atoms with Crippen molar-refractivity contribution < 1.29 is 9.47 Å². The largest absolute Gasteiger partial charge is 0.490 e. The van der Waals surface area contributed by atoms with E-state index < -0.39 is 0 Å². The van der Waals surface area contributed by atoms with Gasteiger partial charge in [0.2, 0.25) is 11.8 Å². The van der Waals surface area contributed by atoms with Gasteiger partial charge < -0.3 is 9.47 Å². The van der Waals surface area contributed by atoms with Crippen LogP contribution in [0.15, 0.2) is 34.9 Å². The summed E-state index contributed by atoms with van der Waals surface area (Å²) in [4.78, 5) is 8.10. The molecule has 0 aliphatic carbocycles. The van der Waals surface area contributed by atoms with Gasteiger partial charge >= 0.3 is 0 Å². The number of benzene rings is 1. The van der Waals surface area contributed by atoms with Gasteiger partial charge in [0.1, 0.15) is 0 Å². The Labute approximate surface area is 125 Å². The maximum Gasteiger partial charge on any atom is 0.240 e. The lowest BCUT2D eigenvalue weighted by molar-refractivity contribution is 0.300. The zero-order chi connectivity index (χ0) is 14.4. The molecule has 7 heteroatoms. The number of nitrogens with one attached hydrogen (secondary N) is 1. The smallest absolute Gasteiger partial charge is 0.240 e. The standard InChI is InChI=1S/C13H15BrN4O2/c1-2-7-19-10-5-3-4-6-11(10)20-12-9(14)8-16-13(17-12)18-15/h3-6,8H,2,7,15H2,1H3,(H,16,17,18). The summed E-state index contributed by atoms with van der Waals surface area (Å²) in [7, 11) is 0. The second kappa shape index (κ2) is 7.06. The maximum absolute atomic E-state index is 5.76. The summed E-state index contributed by atoms with van der Waals surface area (Å²) in [6.07, 6.45) is 2.49. The molecule has 2 rings (SSSR count). The lowest BCUT2D eigenvalue weighted by Gasteiger charge is -2.12. The number of halogens is 1. The van der Waals surface area contributed by atoms with Gasteiger partial charge in [0.25, 0.3) is 0 Å². The molecule has 0 unspecified atom stereocenters. The molecule has 2 aromatic rings. The Morgan fingerprint density at radius 2 is 2.05 bits per heavy atom. The number of hydrazine groups is 1. The van der Waals surface area contributed by atoms with E-state index in [1.165, 1.54) is 0 Å². The molecule has 0 aliphatic rings. The van der Waals surface area contributed by atoms with Crippen molar-refractivity contribution in [3.63, 3.8) is 0 Å². The van der Waals surface area contributed by atoms with E-state index in [4.69, 9.17) is 15.3 Å². The van der Waals surface area contributed by atoms with Crippen molar-refractivity contribution in [2.75, 3.05) is 12.0 Å². The third-order valence-electron chi connectivity index (χ3n) is 2.36. The summed E-state index contributed by atoms with van der Waals surface area (Å²) in [5.74, 6) is 7.18. The highest BCUT2D eigenvalue weighted by Crippen LogP contribution is 2.33. The second-order valence-corrected chi connectivity index (χ2v) is 4.74. The third-order valence-corrected chi connectivity index (χ3v) is 2.90. The highest BCUT2D eigenvalue weighted by Gasteiger charge is 2.10. The Hall–Kier alpha value is -1.86. The Morgan fingerprint density at radius 1 is 1.30 bits per heavy atom. The highest BCUT2D eigenvalue weighted by molar-refractivity contribution is 9.10. The lowest BCUT2D eigenvalue weighted by atomic mass is 10.3. The second-order valence-electron chi connectivity index (χ2n) is 3.89. The number of rotatable bonds is 6. The molecule has 6 nitrogen and oxygen atoms in total. The molecule has 1 aromatic heterocycles. The van der Waals surface area contributed by atoms with Gasteiger partial charge in [-0.05, 0) is 34.5 Å². The summed E-state index contributed by atoms with van der Waals surface area (Å²) >= 11 is 3.33. The van der Waals surface area contributed by atoms with E-state index in [-0.39, 0.29) is 5.95 Å². The van der Waals surface area contributed by atoms with Gasteiger partial charge in [-0.3, -0.25) is 5.43 Å². The lowest BCUT2D eigenvalue weighted by Crippen LogP contribution is -2.10. The van der Waals surface area contributed by atoms with Crippen LogP contribution in [0.1, 0.15) is 13.3 Å². The van der Waals surface area contributed by atoms with Crippen molar-refractivity contribution in [3.05, 3.63) is 34.9 Å². The molecule has 0 amide bonds. The fourth-order valence-corrected chi connectivity index (χ4v) is 1.73. The molecule has 106 valence electrons. The topological polar surface area (TPSA) is 82.3 Å².